The lowest BCUT2D eigenvalue weighted by atomic mass is 10.1. The highest BCUT2D eigenvalue weighted by Crippen LogP contribution is 2.40. The predicted octanol–water partition coefficient (Wildman–Crippen LogP) is 3.52. The van der Waals surface area contributed by atoms with Crippen LogP contribution in [-0.2, 0) is 6.54 Å². The van der Waals surface area contributed by atoms with E-state index in [1.165, 1.54) is 5.56 Å². The van der Waals surface area contributed by atoms with Crippen LogP contribution in [0.5, 0.6) is 17.2 Å². The molecule has 0 bridgehead atoms. The molecule has 31 heavy (non-hydrogen) atoms. The molecule has 9 heteroatoms. The fraction of sp³-hybridized carbons (Fsp3) is 0.182. The van der Waals surface area contributed by atoms with Crippen LogP contribution in [0.1, 0.15) is 11.1 Å². The van der Waals surface area contributed by atoms with E-state index >= 15 is 0 Å². The average Bonchev–Trinajstić information content (AvgIpc) is 3.44. The highest BCUT2D eigenvalue weighted by atomic mass is 16.5. The maximum Gasteiger partial charge on any atom is 0.229 e. The highest BCUT2D eigenvalue weighted by Gasteiger charge is 2.15. The van der Waals surface area contributed by atoms with E-state index in [1.807, 2.05) is 16.8 Å². The molecule has 0 amide bonds. The molecule has 0 saturated carbocycles. The summed E-state index contributed by atoms with van der Waals surface area (Å²) >= 11 is 0. The number of anilines is 2. The van der Waals surface area contributed by atoms with Gasteiger partial charge in [0.05, 0.1) is 34.1 Å². The van der Waals surface area contributed by atoms with Gasteiger partial charge in [0.1, 0.15) is 11.8 Å². The molecule has 2 aromatic carbocycles. The van der Waals surface area contributed by atoms with E-state index in [-0.39, 0.29) is 0 Å². The predicted molar refractivity (Wildman–Crippen MR) is 117 cm³/mol. The summed E-state index contributed by atoms with van der Waals surface area (Å²) in [7, 11) is 4.71. The number of imidazole rings is 1. The van der Waals surface area contributed by atoms with E-state index in [1.54, 1.807) is 46.0 Å². The van der Waals surface area contributed by atoms with Gasteiger partial charge in [-0.15, -0.1) is 0 Å². The summed E-state index contributed by atoms with van der Waals surface area (Å²) in [6, 6.07) is 9.80. The first kappa shape index (κ1) is 18.9. The van der Waals surface area contributed by atoms with Crippen molar-refractivity contribution in [1.29, 1.82) is 0 Å². The molecular formula is C22H20N6O3. The summed E-state index contributed by atoms with van der Waals surface area (Å²) in [6.07, 6.45) is 5.34. The zero-order valence-electron chi connectivity index (χ0n) is 17.3. The molecule has 5 rings (SSSR count). The molecule has 156 valence electrons. The van der Waals surface area contributed by atoms with Crippen molar-refractivity contribution in [2.75, 3.05) is 26.6 Å². The van der Waals surface area contributed by atoms with Crippen molar-refractivity contribution in [3.63, 3.8) is 0 Å². The Labute approximate surface area is 178 Å². The normalized spacial score (nSPS) is 12.1. The van der Waals surface area contributed by atoms with Crippen molar-refractivity contribution in [3.05, 3.63) is 54.0 Å². The molecule has 0 atom stereocenters. The van der Waals surface area contributed by atoms with Gasteiger partial charge in [-0.3, -0.25) is 9.56 Å². The van der Waals surface area contributed by atoms with Crippen molar-refractivity contribution in [2.24, 2.45) is 4.99 Å². The Morgan fingerprint density at radius 3 is 2.52 bits per heavy atom. The number of nitrogens with one attached hydrogen (secondary N) is 1. The average molecular weight is 416 g/mol. The van der Waals surface area contributed by atoms with Crippen molar-refractivity contribution in [1.82, 2.24) is 19.5 Å². The molecular weight excluding hydrogens is 396 g/mol. The summed E-state index contributed by atoms with van der Waals surface area (Å²) in [5.41, 5.74) is 5.41. The molecule has 2 aromatic heterocycles. The largest absolute Gasteiger partial charge is 0.493 e. The zero-order valence-corrected chi connectivity index (χ0v) is 17.3. The second kappa shape index (κ2) is 7.60. The first-order valence-corrected chi connectivity index (χ1v) is 9.60. The summed E-state index contributed by atoms with van der Waals surface area (Å²) in [5, 5.41) is 3.21. The Hall–Kier alpha value is -4.14. The quantitative estimate of drug-likeness (QED) is 0.514. The topological polar surface area (TPSA) is 95.7 Å². The van der Waals surface area contributed by atoms with E-state index in [4.69, 9.17) is 14.2 Å². The minimum Gasteiger partial charge on any atom is -0.493 e. The van der Waals surface area contributed by atoms with Crippen LogP contribution in [-0.4, -0.2) is 47.1 Å². The SMILES string of the molecule is COc1cc(Nc2ncc3ncn(-c4ccc5c(c4)CN=C5)c3n2)cc(OC)c1OC. The van der Waals surface area contributed by atoms with Gasteiger partial charge in [-0.05, 0) is 23.3 Å². The summed E-state index contributed by atoms with van der Waals surface area (Å²) in [4.78, 5) is 17.8. The Balaban J connectivity index is 1.52. The lowest BCUT2D eigenvalue weighted by Crippen LogP contribution is -2.02. The van der Waals surface area contributed by atoms with E-state index < -0.39 is 0 Å². The minimum absolute atomic E-state index is 0.424. The standard InChI is InChI=1S/C22H20N6O3/c1-29-18-7-15(8-19(30-2)20(18)31-3)26-22-24-11-17-21(27-22)28(12-25-17)16-5-4-13-9-23-10-14(13)6-16/h4-9,11-12H,10H2,1-3H3,(H,24,26,27). The molecule has 1 aliphatic heterocycles. The summed E-state index contributed by atoms with van der Waals surface area (Å²) in [5.74, 6) is 2.02. The second-order valence-corrected chi connectivity index (χ2v) is 6.91. The fourth-order valence-corrected chi connectivity index (χ4v) is 3.59. The molecule has 0 unspecified atom stereocenters. The van der Waals surface area contributed by atoms with Gasteiger partial charge in [0, 0.05) is 29.7 Å². The van der Waals surface area contributed by atoms with Gasteiger partial charge in [0.2, 0.25) is 11.7 Å². The van der Waals surface area contributed by atoms with Gasteiger partial charge in [0.15, 0.2) is 17.1 Å². The Bertz CT molecular complexity index is 1290. The molecule has 1 aliphatic rings. The number of nitrogens with zero attached hydrogens (tertiary/aromatic N) is 5. The van der Waals surface area contributed by atoms with Crippen LogP contribution in [0.3, 0.4) is 0 Å². The highest BCUT2D eigenvalue weighted by molar-refractivity contribution is 5.85. The molecule has 0 aliphatic carbocycles. The van der Waals surface area contributed by atoms with Crippen LogP contribution in [0, 0.1) is 0 Å². The smallest absolute Gasteiger partial charge is 0.229 e. The monoisotopic (exact) mass is 416 g/mol. The molecule has 9 nitrogen and oxygen atoms in total. The van der Waals surface area contributed by atoms with Crippen molar-refractivity contribution in [2.45, 2.75) is 6.54 Å². The third kappa shape index (κ3) is 3.29. The fourth-order valence-electron chi connectivity index (χ4n) is 3.59. The number of aromatic nitrogens is 4. The van der Waals surface area contributed by atoms with Crippen LogP contribution in [0.4, 0.5) is 11.6 Å². The number of methoxy groups -OCH3 is 3. The molecule has 3 heterocycles. The van der Waals surface area contributed by atoms with Crippen LogP contribution in [0.15, 0.2) is 47.8 Å². The number of rotatable bonds is 6. The van der Waals surface area contributed by atoms with Gasteiger partial charge in [-0.25, -0.2) is 9.97 Å². The Morgan fingerprint density at radius 1 is 0.968 bits per heavy atom. The zero-order chi connectivity index (χ0) is 21.4. The van der Waals surface area contributed by atoms with E-state index in [0.717, 1.165) is 11.3 Å². The third-order valence-corrected chi connectivity index (χ3v) is 5.11. The third-order valence-electron chi connectivity index (χ3n) is 5.11. The molecule has 0 radical (unpaired) electrons. The molecule has 1 N–H and O–H groups in total. The number of hydrogen-bond donors (Lipinski definition) is 1. The maximum atomic E-state index is 5.42. The van der Waals surface area contributed by atoms with E-state index in [0.29, 0.717) is 46.6 Å². The summed E-state index contributed by atoms with van der Waals surface area (Å²) in [6.45, 7) is 0.693. The number of aliphatic imine (C=N–C) groups is 1. The number of hydrogen-bond acceptors (Lipinski definition) is 8. The lowest BCUT2D eigenvalue weighted by molar-refractivity contribution is 0.324. The number of fused-ring (bicyclic) bond motifs is 2. The van der Waals surface area contributed by atoms with Crippen LogP contribution in [0.2, 0.25) is 0 Å². The van der Waals surface area contributed by atoms with E-state index in [9.17, 15) is 0 Å². The van der Waals surface area contributed by atoms with Gasteiger partial charge in [-0.2, -0.15) is 4.98 Å². The Morgan fingerprint density at radius 2 is 1.77 bits per heavy atom. The molecule has 0 fully saturated rings. The van der Waals surface area contributed by atoms with Crippen molar-refractivity contribution < 1.29 is 14.2 Å². The van der Waals surface area contributed by atoms with Crippen molar-refractivity contribution in [3.8, 4) is 22.9 Å². The van der Waals surface area contributed by atoms with Crippen molar-refractivity contribution >= 4 is 29.0 Å². The number of ether oxygens (including phenoxy) is 3. The molecule has 0 saturated heterocycles. The molecule has 4 aromatic rings. The maximum absolute atomic E-state index is 5.42. The van der Waals surface area contributed by atoms with Crippen LogP contribution in [0.25, 0.3) is 16.9 Å². The van der Waals surface area contributed by atoms with E-state index in [2.05, 4.69) is 37.4 Å². The van der Waals surface area contributed by atoms with Gasteiger partial charge >= 0.3 is 0 Å². The number of benzene rings is 2. The first-order chi connectivity index (χ1) is 15.2. The second-order valence-electron chi connectivity index (χ2n) is 6.91. The van der Waals surface area contributed by atoms with Gasteiger partial charge in [0.25, 0.3) is 0 Å². The van der Waals surface area contributed by atoms with Gasteiger partial charge < -0.3 is 19.5 Å². The first-order valence-electron chi connectivity index (χ1n) is 9.60. The minimum atomic E-state index is 0.424. The van der Waals surface area contributed by atoms with Crippen LogP contribution < -0.4 is 19.5 Å². The molecule has 0 spiro atoms. The van der Waals surface area contributed by atoms with Gasteiger partial charge in [-0.1, -0.05) is 6.07 Å². The van der Waals surface area contributed by atoms with Crippen LogP contribution >= 0.6 is 0 Å². The summed E-state index contributed by atoms with van der Waals surface area (Å²) < 4.78 is 18.2. The Kier molecular flexibility index (Phi) is 4.62. The lowest BCUT2D eigenvalue weighted by Gasteiger charge is -2.14.